The van der Waals surface area contributed by atoms with E-state index in [0.29, 0.717) is 24.3 Å². The molecule has 20 heavy (non-hydrogen) atoms. The van der Waals surface area contributed by atoms with Crippen LogP contribution in [0.4, 0.5) is 4.39 Å². The van der Waals surface area contributed by atoms with Gasteiger partial charge in [-0.3, -0.25) is 4.79 Å². The van der Waals surface area contributed by atoms with Crippen LogP contribution in [-0.2, 0) is 11.2 Å². The van der Waals surface area contributed by atoms with Crippen LogP contribution in [-0.4, -0.2) is 17.9 Å². The second-order valence-electron chi connectivity index (χ2n) is 6.25. The molecule has 1 aromatic carbocycles. The topological polar surface area (TPSA) is 29.1 Å². The highest BCUT2D eigenvalue weighted by atomic mass is 19.1. The molecule has 0 aliphatic carbocycles. The summed E-state index contributed by atoms with van der Waals surface area (Å²) in [7, 11) is 0. The molecule has 2 atom stereocenters. The predicted octanol–water partition coefficient (Wildman–Crippen LogP) is 3.25. The van der Waals surface area contributed by atoms with Gasteiger partial charge in [0.05, 0.1) is 0 Å². The monoisotopic (exact) mass is 275 g/mol. The maximum atomic E-state index is 12.8. The first-order valence-corrected chi connectivity index (χ1v) is 7.74. The van der Waals surface area contributed by atoms with Crippen molar-refractivity contribution in [3.8, 4) is 0 Å². The SMILES string of the molecule is O=C(CCc1ccc(F)cc1)C1CC2CCCC(C1)N2. The van der Waals surface area contributed by atoms with Crippen LogP contribution in [0.25, 0.3) is 0 Å². The summed E-state index contributed by atoms with van der Waals surface area (Å²) >= 11 is 0. The number of halogens is 1. The van der Waals surface area contributed by atoms with E-state index in [9.17, 15) is 9.18 Å². The lowest BCUT2D eigenvalue weighted by Crippen LogP contribution is -2.50. The van der Waals surface area contributed by atoms with E-state index in [4.69, 9.17) is 0 Å². The van der Waals surface area contributed by atoms with Crippen LogP contribution in [0.1, 0.15) is 44.1 Å². The Balaban J connectivity index is 1.52. The summed E-state index contributed by atoms with van der Waals surface area (Å²) < 4.78 is 12.8. The standard InChI is InChI=1S/C17H22FNO/c18-14-7-4-12(5-8-14)6-9-17(20)13-10-15-2-1-3-16(11-13)19-15/h4-5,7-8,13,15-16,19H,1-3,6,9-11H2. The molecule has 2 heterocycles. The summed E-state index contributed by atoms with van der Waals surface area (Å²) in [5.74, 6) is 0.422. The molecule has 2 unspecified atom stereocenters. The molecule has 0 spiro atoms. The van der Waals surface area contributed by atoms with Crippen LogP contribution in [0.3, 0.4) is 0 Å². The number of aryl methyl sites for hydroxylation is 1. The first kappa shape index (κ1) is 13.7. The summed E-state index contributed by atoms with van der Waals surface area (Å²) in [6.45, 7) is 0. The maximum Gasteiger partial charge on any atom is 0.136 e. The zero-order valence-corrected chi connectivity index (χ0v) is 11.8. The van der Waals surface area contributed by atoms with E-state index in [1.807, 2.05) is 0 Å². The second kappa shape index (κ2) is 6.04. The molecule has 0 aromatic heterocycles. The fraction of sp³-hybridized carbons (Fsp3) is 0.588. The van der Waals surface area contributed by atoms with Gasteiger partial charge < -0.3 is 5.32 Å². The fourth-order valence-corrected chi connectivity index (χ4v) is 3.65. The summed E-state index contributed by atoms with van der Waals surface area (Å²) in [6.07, 6.45) is 7.10. The number of fused-ring (bicyclic) bond motifs is 2. The molecule has 0 saturated carbocycles. The lowest BCUT2D eigenvalue weighted by Gasteiger charge is -2.39. The van der Waals surface area contributed by atoms with Gasteiger partial charge in [-0.15, -0.1) is 0 Å². The number of Topliss-reactive ketones (excluding diaryl/α,β-unsaturated/α-hetero) is 1. The molecule has 0 radical (unpaired) electrons. The number of carbonyl (C=O) groups excluding carboxylic acids is 1. The second-order valence-corrected chi connectivity index (χ2v) is 6.25. The Morgan fingerprint density at radius 3 is 2.45 bits per heavy atom. The van der Waals surface area contributed by atoms with Gasteiger partial charge in [0.2, 0.25) is 0 Å². The average molecular weight is 275 g/mol. The number of benzene rings is 1. The molecular weight excluding hydrogens is 253 g/mol. The molecule has 3 heteroatoms. The van der Waals surface area contributed by atoms with Crippen molar-refractivity contribution in [1.82, 2.24) is 5.32 Å². The van der Waals surface area contributed by atoms with Gasteiger partial charge in [-0.1, -0.05) is 18.6 Å². The molecule has 108 valence electrons. The summed E-state index contributed by atoms with van der Waals surface area (Å²) in [4.78, 5) is 12.4. The lowest BCUT2D eigenvalue weighted by atomic mass is 9.77. The van der Waals surface area contributed by atoms with Crippen molar-refractivity contribution >= 4 is 5.78 Å². The van der Waals surface area contributed by atoms with Gasteiger partial charge in [-0.25, -0.2) is 4.39 Å². The molecule has 1 N–H and O–H groups in total. The van der Waals surface area contributed by atoms with E-state index in [1.165, 1.54) is 31.4 Å². The van der Waals surface area contributed by atoms with Crippen LogP contribution in [0, 0.1) is 11.7 Å². The smallest absolute Gasteiger partial charge is 0.136 e. The van der Waals surface area contributed by atoms with Crippen molar-refractivity contribution in [2.75, 3.05) is 0 Å². The van der Waals surface area contributed by atoms with Crippen molar-refractivity contribution in [1.29, 1.82) is 0 Å². The van der Waals surface area contributed by atoms with E-state index in [1.54, 1.807) is 12.1 Å². The maximum absolute atomic E-state index is 12.8. The normalized spacial score (nSPS) is 29.1. The molecule has 2 fully saturated rings. The van der Waals surface area contributed by atoms with Crippen LogP contribution in [0.2, 0.25) is 0 Å². The van der Waals surface area contributed by atoms with Gasteiger partial charge >= 0.3 is 0 Å². The highest BCUT2D eigenvalue weighted by Gasteiger charge is 2.34. The van der Waals surface area contributed by atoms with Crippen molar-refractivity contribution in [3.05, 3.63) is 35.6 Å². The van der Waals surface area contributed by atoms with Crippen molar-refractivity contribution in [2.24, 2.45) is 5.92 Å². The molecule has 3 rings (SSSR count). The number of carbonyl (C=O) groups is 1. The fourth-order valence-electron chi connectivity index (χ4n) is 3.65. The molecule has 2 nitrogen and oxygen atoms in total. The van der Waals surface area contributed by atoms with Gasteiger partial charge in [-0.2, -0.15) is 0 Å². The Labute approximate surface area is 119 Å². The highest BCUT2D eigenvalue weighted by molar-refractivity contribution is 5.81. The number of hydrogen-bond acceptors (Lipinski definition) is 2. The number of rotatable bonds is 4. The third kappa shape index (κ3) is 3.26. The molecule has 2 aliphatic heterocycles. The van der Waals surface area contributed by atoms with Crippen LogP contribution < -0.4 is 5.32 Å². The van der Waals surface area contributed by atoms with Crippen molar-refractivity contribution in [2.45, 2.75) is 57.0 Å². The van der Waals surface area contributed by atoms with Gasteiger partial charge in [-0.05, 0) is 49.8 Å². The quantitative estimate of drug-likeness (QED) is 0.914. The number of hydrogen-bond donors (Lipinski definition) is 1. The zero-order valence-electron chi connectivity index (χ0n) is 11.8. The van der Waals surface area contributed by atoms with E-state index < -0.39 is 0 Å². The first-order valence-electron chi connectivity index (χ1n) is 7.74. The van der Waals surface area contributed by atoms with Crippen LogP contribution in [0.5, 0.6) is 0 Å². The lowest BCUT2D eigenvalue weighted by molar-refractivity contribution is -0.124. The molecular formula is C17H22FNO. The van der Waals surface area contributed by atoms with Crippen LogP contribution >= 0.6 is 0 Å². The highest BCUT2D eigenvalue weighted by Crippen LogP contribution is 2.31. The molecule has 0 amide bonds. The van der Waals surface area contributed by atoms with E-state index >= 15 is 0 Å². The van der Waals surface area contributed by atoms with Gasteiger partial charge in [0.15, 0.2) is 0 Å². The largest absolute Gasteiger partial charge is 0.311 e. The van der Waals surface area contributed by atoms with E-state index in [-0.39, 0.29) is 11.7 Å². The Bertz CT molecular complexity index is 458. The minimum atomic E-state index is -0.216. The summed E-state index contributed by atoms with van der Waals surface area (Å²) in [5.41, 5.74) is 1.05. The third-order valence-electron chi connectivity index (χ3n) is 4.74. The zero-order chi connectivity index (χ0) is 13.9. The van der Waals surface area contributed by atoms with E-state index in [2.05, 4.69) is 5.32 Å². The Morgan fingerprint density at radius 2 is 1.80 bits per heavy atom. The summed E-state index contributed by atoms with van der Waals surface area (Å²) in [6, 6.07) is 7.60. The van der Waals surface area contributed by atoms with Crippen molar-refractivity contribution in [3.63, 3.8) is 0 Å². The minimum Gasteiger partial charge on any atom is -0.311 e. The molecule has 2 bridgehead atoms. The number of nitrogens with one attached hydrogen (secondary N) is 1. The van der Waals surface area contributed by atoms with Gasteiger partial charge in [0.1, 0.15) is 11.6 Å². The third-order valence-corrected chi connectivity index (χ3v) is 4.74. The van der Waals surface area contributed by atoms with Crippen molar-refractivity contribution < 1.29 is 9.18 Å². The first-order chi connectivity index (χ1) is 9.70. The van der Waals surface area contributed by atoms with E-state index in [0.717, 1.165) is 24.8 Å². The minimum absolute atomic E-state index is 0.216. The molecule has 1 aromatic rings. The van der Waals surface area contributed by atoms with Gasteiger partial charge in [0, 0.05) is 24.4 Å². The number of piperidine rings is 2. The van der Waals surface area contributed by atoms with Gasteiger partial charge in [0.25, 0.3) is 0 Å². The Kier molecular flexibility index (Phi) is 4.16. The Hall–Kier alpha value is -1.22. The molecule has 2 saturated heterocycles. The average Bonchev–Trinajstić information content (AvgIpc) is 2.46. The predicted molar refractivity (Wildman–Crippen MR) is 77.0 cm³/mol. The molecule has 2 aliphatic rings. The van der Waals surface area contributed by atoms with Crippen LogP contribution in [0.15, 0.2) is 24.3 Å². The number of ketones is 1. The summed E-state index contributed by atoms with van der Waals surface area (Å²) in [5, 5.41) is 3.62. The Morgan fingerprint density at radius 1 is 1.15 bits per heavy atom.